The SMILES string of the molecule is O=C(NCc1ccc2c(c1)OCO2)c1cnc2sc3c(n2c1=O)CCCCCC3. The lowest BCUT2D eigenvalue weighted by Gasteiger charge is -2.10. The molecule has 3 heterocycles. The van der Waals surface area contributed by atoms with E-state index in [0.29, 0.717) is 23.0 Å². The van der Waals surface area contributed by atoms with Crippen molar-refractivity contribution in [3.8, 4) is 11.5 Å². The Bertz CT molecular complexity index is 1150. The molecule has 0 spiro atoms. The second kappa shape index (κ2) is 7.51. The largest absolute Gasteiger partial charge is 0.454 e. The van der Waals surface area contributed by atoms with Crippen molar-refractivity contribution in [3.63, 3.8) is 0 Å². The van der Waals surface area contributed by atoms with Crippen LogP contribution in [0.2, 0.25) is 0 Å². The topological polar surface area (TPSA) is 81.9 Å². The second-order valence-corrected chi connectivity index (χ2v) is 8.41. The number of amides is 1. The highest BCUT2D eigenvalue weighted by molar-refractivity contribution is 7.17. The molecule has 2 aliphatic rings. The summed E-state index contributed by atoms with van der Waals surface area (Å²) < 4.78 is 12.3. The maximum absolute atomic E-state index is 13.1. The lowest BCUT2D eigenvalue weighted by Crippen LogP contribution is -2.31. The predicted octanol–water partition coefficient (Wildman–Crippen LogP) is 3.07. The van der Waals surface area contributed by atoms with Gasteiger partial charge in [-0.15, -0.1) is 11.3 Å². The van der Waals surface area contributed by atoms with Crippen molar-refractivity contribution in [1.29, 1.82) is 0 Å². The van der Waals surface area contributed by atoms with Crippen molar-refractivity contribution < 1.29 is 14.3 Å². The second-order valence-electron chi connectivity index (χ2n) is 7.35. The van der Waals surface area contributed by atoms with E-state index in [1.54, 1.807) is 15.7 Å². The maximum Gasteiger partial charge on any atom is 0.271 e. The molecule has 150 valence electrons. The number of benzene rings is 1. The van der Waals surface area contributed by atoms with E-state index in [9.17, 15) is 9.59 Å². The van der Waals surface area contributed by atoms with Gasteiger partial charge in [0.15, 0.2) is 16.5 Å². The third kappa shape index (κ3) is 3.37. The number of nitrogens with one attached hydrogen (secondary N) is 1. The Hall–Kier alpha value is -2.87. The summed E-state index contributed by atoms with van der Waals surface area (Å²) in [6.07, 6.45) is 7.84. The number of hydrogen-bond donors (Lipinski definition) is 1. The van der Waals surface area contributed by atoms with Gasteiger partial charge in [0.25, 0.3) is 11.5 Å². The number of carbonyl (C=O) groups excluding carboxylic acids is 1. The zero-order chi connectivity index (χ0) is 19.8. The summed E-state index contributed by atoms with van der Waals surface area (Å²) in [5.41, 5.74) is 1.70. The van der Waals surface area contributed by atoms with E-state index in [1.807, 2.05) is 18.2 Å². The van der Waals surface area contributed by atoms with Gasteiger partial charge in [-0.3, -0.25) is 14.0 Å². The molecule has 0 bridgehead atoms. The van der Waals surface area contributed by atoms with Crippen LogP contribution in [0.5, 0.6) is 11.5 Å². The molecule has 5 rings (SSSR count). The molecule has 1 aliphatic heterocycles. The van der Waals surface area contributed by atoms with Crippen molar-refractivity contribution in [2.75, 3.05) is 6.79 Å². The van der Waals surface area contributed by atoms with Gasteiger partial charge < -0.3 is 14.8 Å². The van der Waals surface area contributed by atoms with Gasteiger partial charge in [-0.05, 0) is 43.4 Å². The van der Waals surface area contributed by atoms with Gasteiger partial charge in [-0.2, -0.15) is 0 Å². The molecule has 29 heavy (non-hydrogen) atoms. The summed E-state index contributed by atoms with van der Waals surface area (Å²) in [6, 6.07) is 5.51. The van der Waals surface area contributed by atoms with Crippen LogP contribution in [-0.2, 0) is 19.4 Å². The number of aromatic nitrogens is 2. The monoisotopic (exact) mass is 411 g/mol. The summed E-state index contributed by atoms with van der Waals surface area (Å²) in [5, 5.41) is 2.82. The molecule has 8 heteroatoms. The smallest absolute Gasteiger partial charge is 0.271 e. The summed E-state index contributed by atoms with van der Waals surface area (Å²) in [6.45, 7) is 0.498. The first-order chi connectivity index (χ1) is 14.2. The standard InChI is InChI=1S/C21H21N3O4S/c25-19(22-10-13-7-8-16-17(9-13)28-12-27-16)14-11-23-21-24(20(14)26)15-5-3-1-2-4-6-18(15)29-21/h7-9,11H,1-6,10,12H2,(H,22,25). The Labute approximate surface area is 171 Å². The minimum Gasteiger partial charge on any atom is -0.454 e. The number of nitrogens with zero attached hydrogens (tertiary/aromatic N) is 2. The van der Waals surface area contributed by atoms with Crippen LogP contribution in [0.1, 0.15) is 52.2 Å². The van der Waals surface area contributed by atoms with Gasteiger partial charge >= 0.3 is 0 Å². The van der Waals surface area contributed by atoms with Gasteiger partial charge in [0.05, 0.1) is 0 Å². The zero-order valence-electron chi connectivity index (χ0n) is 15.9. The Kier molecular flexibility index (Phi) is 4.71. The van der Waals surface area contributed by atoms with Crippen LogP contribution < -0.4 is 20.3 Å². The van der Waals surface area contributed by atoms with Crippen LogP contribution >= 0.6 is 11.3 Å². The van der Waals surface area contributed by atoms with Crippen LogP contribution in [-0.4, -0.2) is 22.1 Å². The van der Waals surface area contributed by atoms with Crippen LogP contribution in [0.25, 0.3) is 4.96 Å². The van der Waals surface area contributed by atoms with E-state index in [-0.39, 0.29) is 17.9 Å². The van der Waals surface area contributed by atoms with Gasteiger partial charge in [0, 0.05) is 23.3 Å². The van der Waals surface area contributed by atoms with E-state index in [0.717, 1.165) is 36.9 Å². The minimum atomic E-state index is -0.416. The molecule has 0 fully saturated rings. The highest BCUT2D eigenvalue weighted by Crippen LogP contribution is 2.32. The average Bonchev–Trinajstić information content (AvgIpc) is 3.30. The molecule has 1 aromatic carbocycles. The Morgan fingerprint density at radius 2 is 1.97 bits per heavy atom. The molecule has 0 radical (unpaired) electrons. The molecule has 3 aromatic rings. The molecule has 1 N–H and O–H groups in total. The number of thiazole rings is 1. The number of carbonyl (C=O) groups is 1. The van der Waals surface area contributed by atoms with Gasteiger partial charge in [0.1, 0.15) is 5.56 Å². The van der Waals surface area contributed by atoms with E-state index >= 15 is 0 Å². The number of ether oxygens (including phenoxy) is 2. The molecule has 1 aliphatic carbocycles. The third-order valence-corrected chi connectivity index (χ3v) is 6.59. The zero-order valence-corrected chi connectivity index (χ0v) is 16.7. The molecule has 2 aromatic heterocycles. The van der Waals surface area contributed by atoms with Crippen molar-refractivity contribution in [3.05, 3.63) is 56.4 Å². The number of aryl methyl sites for hydroxylation is 2. The van der Waals surface area contributed by atoms with Gasteiger partial charge in [-0.25, -0.2) is 4.98 Å². The van der Waals surface area contributed by atoms with E-state index < -0.39 is 5.91 Å². The molecular weight excluding hydrogens is 390 g/mol. The Balaban J connectivity index is 1.40. The number of rotatable bonds is 3. The van der Waals surface area contributed by atoms with E-state index in [2.05, 4.69) is 10.3 Å². The lowest BCUT2D eigenvalue weighted by atomic mass is 10.0. The van der Waals surface area contributed by atoms with Crippen molar-refractivity contribution in [2.45, 2.75) is 45.1 Å². The molecule has 0 atom stereocenters. The summed E-state index contributed by atoms with van der Waals surface area (Å²) in [7, 11) is 0. The lowest BCUT2D eigenvalue weighted by molar-refractivity contribution is 0.0948. The highest BCUT2D eigenvalue weighted by atomic mass is 32.1. The molecule has 0 unspecified atom stereocenters. The Morgan fingerprint density at radius 3 is 2.86 bits per heavy atom. The molecule has 0 saturated heterocycles. The van der Waals surface area contributed by atoms with Crippen LogP contribution in [0.4, 0.5) is 0 Å². The van der Waals surface area contributed by atoms with Gasteiger partial charge in [-0.1, -0.05) is 18.9 Å². The van der Waals surface area contributed by atoms with Crippen LogP contribution in [0.15, 0.2) is 29.2 Å². The molecule has 1 amide bonds. The van der Waals surface area contributed by atoms with Crippen molar-refractivity contribution >= 4 is 22.2 Å². The van der Waals surface area contributed by atoms with E-state index in [4.69, 9.17) is 9.47 Å². The van der Waals surface area contributed by atoms with Crippen LogP contribution in [0, 0.1) is 0 Å². The summed E-state index contributed by atoms with van der Waals surface area (Å²) >= 11 is 1.57. The fourth-order valence-electron chi connectivity index (χ4n) is 3.91. The number of fused-ring (bicyclic) bond motifs is 4. The number of hydrogen-bond acceptors (Lipinski definition) is 6. The van der Waals surface area contributed by atoms with Gasteiger partial charge in [0.2, 0.25) is 6.79 Å². The summed E-state index contributed by atoms with van der Waals surface area (Å²) in [5.74, 6) is 0.944. The fraction of sp³-hybridized carbons (Fsp3) is 0.381. The normalized spacial score (nSPS) is 15.6. The third-order valence-electron chi connectivity index (χ3n) is 5.44. The predicted molar refractivity (Wildman–Crippen MR) is 109 cm³/mol. The summed E-state index contributed by atoms with van der Waals surface area (Å²) in [4.78, 5) is 32.1. The first kappa shape index (κ1) is 18.2. The first-order valence-electron chi connectivity index (χ1n) is 9.90. The van der Waals surface area contributed by atoms with Crippen molar-refractivity contribution in [2.24, 2.45) is 0 Å². The highest BCUT2D eigenvalue weighted by Gasteiger charge is 2.20. The molecule has 0 saturated carbocycles. The minimum absolute atomic E-state index is 0.0749. The quantitative estimate of drug-likeness (QED) is 0.716. The average molecular weight is 411 g/mol. The molecular formula is C21H21N3O4S. The van der Waals surface area contributed by atoms with Crippen LogP contribution in [0.3, 0.4) is 0 Å². The Morgan fingerprint density at radius 1 is 1.14 bits per heavy atom. The molecule has 7 nitrogen and oxygen atoms in total. The first-order valence-corrected chi connectivity index (χ1v) is 10.7. The maximum atomic E-state index is 13.1. The van der Waals surface area contributed by atoms with Crippen molar-refractivity contribution in [1.82, 2.24) is 14.7 Å². The van der Waals surface area contributed by atoms with E-state index in [1.165, 1.54) is 23.9 Å². The fourth-order valence-corrected chi connectivity index (χ4v) is 5.07.